The Morgan fingerprint density at radius 2 is 1.95 bits per heavy atom. The van der Waals surface area contributed by atoms with Crippen LogP contribution < -0.4 is 0 Å². The van der Waals surface area contributed by atoms with Crippen molar-refractivity contribution in [2.75, 3.05) is 0 Å². The van der Waals surface area contributed by atoms with Crippen LogP contribution >= 0.6 is 39.1 Å². The molecule has 0 radical (unpaired) electrons. The minimum atomic E-state index is -0.343. The molecule has 0 saturated heterocycles. The minimum absolute atomic E-state index is 0.343. The van der Waals surface area contributed by atoms with Crippen molar-refractivity contribution in [3.8, 4) is 11.4 Å². The van der Waals surface area contributed by atoms with Gasteiger partial charge in [-0.2, -0.15) is 0 Å². The molecule has 0 saturated carbocycles. The van der Waals surface area contributed by atoms with Gasteiger partial charge in [-0.15, -0.1) is 0 Å². The van der Waals surface area contributed by atoms with E-state index in [0.29, 0.717) is 31.4 Å². The van der Waals surface area contributed by atoms with Gasteiger partial charge in [0.05, 0.1) is 20.5 Å². The Hall–Kier alpha value is -1.10. The molecule has 0 aliphatic heterocycles. The number of aromatic nitrogens is 2. The summed E-state index contributed by atoms with van der Waals surface area (Å²) >= 11 is 15.1. The van der Waals surface area contributed by atoms with E-state index in [1.54, 1.807) is 24.3 Å². The molecule has 0 spiro atoms. The fourth-order valence-corrected chi connectivity index (χ4v) is 2.64. The van der Waals surface area contributed by atoms with Gasteiger partial charge in [0.25, 0.3) is 0 Å². The second-order valence-corrected chi connectivity index (χ2v) is 5.69. The Balaban J connectivity index is 2.20. The van der Waals surface area contributed by atoms with Crippen molar-refractivity contribution in [2.24, 2.45) is 0 Å². The molecule has 0 aliphatic carbocycles. The molecule has 0 atom stereocenters. The Morgan fingerprint density at radius 1 is 1.16 bits per heavy atom. The SMILES string of the molecule is Fc1cc2[nH]c(-c3ccc(Cl)cc3Cl)nc2cc1Br. The molecule has 0 amide bonds. The van der Waals surface area contributed by atoms with Crippen LogP contribution in [-0.4, -0.2) is 9.97 Å². The molecule has 6 heteroatoms. The largest absolute Gasteiger partial charge is 0.338 e. The van der Waals surface area contributed by atoms with Crippen LogP contribution in [0.15, 0.2) is 34.8 Å². The first-order valence-electron chi connectivity index (χ1n) is 5.35. The fraction of sp³-hybridized carbons (Fsp3) is 0. The van der Waals surface area contributed by atoms with E-state index in [1.165, 1.54) is 6.07 Å². The maximum Gasteiger partial charge on any atom is 0.140 e. The lowest BCUT2D eigenvalue weighted by Crippen LogP contribution is -1.81. The molecule has 1 N–H and O–H groups in total. The summed E-state index contributed by atoms with van der Waals surface area (Å²) in [6.07, 6.45) is 0. The number of nitrogens with zero attached hydrogens (tertiary/aromatic N) is 1. The van der Waals surface area contributed by atoms with E-state index in [2.05, 4.69) is 25.9 Å². The Morgan fingerprint density at radius 3 is 2.68 bits per heavy atom. The molecule has 1 aromatic heterocycles. The smallest absolute Gasteiger partial charge is 0.140 e. The Labute approximate surface area is 126 Å². The van der Waals surface area contributed by atoms with Gasteiger partial charge in [0.15, 0.2) is 0 Å². The zero-order chi connectivity index (χ0) is 13.6. The number of benzene rings is 2. The van der Waals surface area contributed by atoms with Crippen LogP contribution in [0, 0.1) is 5.82 Å². The first kappa shape index (κ1) is 12.9. The van der Waals surface area contributed by atoms with Crippen LogP contribution in [0.1, 0.15) is 0 Å². The van der Waals surface area contributed by atoms with Gasteiger partial charge in [-0.3, -0.25) is 0 Å². The zero-order valence-corrected chi connectivity index (χ0v) is 12.4. The van der Waals surface area contributed by atoms with Crippen LogP contribution in [0.5, 0.6) is 0 Å². The van der Waals surface area contributed by atoms with E-state index in [9.17, 15) is 4.39 Å². The number of rotatable bonds is 1. The van der Waals surface area contributed by atoms with Crippen LogP contribution in [0.4, 0.5) is 4.39 Å². The third kappa shape index (κ3) is 2.36. The van der Waals surface area contributed by atoms with Crippen LogP contribution in [0.3, 0.4) is 0 Å². The minimum Gasteiger partial charge on any atom is -0.338 e. The zero-order valence-electron chi connectivity index (χ0n) is 9.35. The van der Waals surface area contributed by atoms with Gasteiger partial charge < -0.3 is 4.98 Å². The molecular formula is C13H6BrCl2FN2. The van der Waals surface area contributed by atoms with Crippen molar-refractivity contribution in [2.45, 2.75) is 0 Å². The van der Waals surface area contributed by atoms with Gasteiger partial charge in [0.1, 0.15) is 11.6 Å². The second-order valence-electron chi connectivity index (χ2n) is 3.99. The normalized spacial score (nSPS) is 11.2. The van der Waals surface area contributed by atoms with E-state index in [4.69, 9.17) is 23.2 Å². The van der Waals surface area contributed by atoms with Crippen LogP contribution in [0.2, 0.25) is 10.0 Å². The molecule has 19 heavy (non-hydrogen) atoms. The van der Waals surface area contributed by atoms with Gasteiger partial charge in [-0.25, -0.2) is 9.37 Å². The summed E-state index contributed by atoms with van der Waals surface area (Å²) in [5.41, 5.74) is 2.00. The number of nitrogens with one attached hydrogen (secondary N) is 1. The Kier molecular flexibility index (Phi) is 3.25. The van der Waals surface area contributed by atoms with Gasteiger partial charge in [-0.1, -0.05) is 23.2 Å². The highest BCUT2D eigenvalue weighted by molar-refractivity contribution is 9.10. The summed E-state index contributed by atoms with van der Waals surface area (Å²) in [6.45, 7) is 0. The first-order chi connectivity index (χ1) is 9.04. The molecule has 3 aromatic rings. The molecule has 2 aromatic carbocycles. The summed E-state index contributed by atoms with van der Waals surface area (Å²) in [7, 11) is 0. The molecule has 96 valence electrons. The van der Waals surface area contributed by atoms with Crippen molar-refractivity contribution < 1.29 is 4.39 Å². The molecule has 0 aliphatic rings. The number of H-pyrrole nitrogens is 1. The molecule has 0 unspecified atom stereocenters. The van der Waals surface area contributed by atoms with Crippen molar-refractivity contribution >= 4 is 50.2 Å². The van der Waals surface area contributed by atoms with Crippen molar-refractivity contribution in [3.05, 3.63) is 50.7 Å². The van der Waals surface area contributed by atoms with E-state index < -0.39 is 0 Å². The van der Waals surface area contributed by atoms with Gasteiger partial charge in [0, 0.05) is 16.7 Å². The van der Waals surface area contributed by atoms with E-state index in [0.717, 1.165) is 5.56 Å². The van der Waals surface area contributed by atoms with Crippen molar-refractivity contribution in [1.82, 2.24) is 9.97 Å². The highest BCUT2D eigenvalue weighted by Gasteiger charge is 2.11. The Bertz CT molecular complexity index is 747. The molecule has 2 nitrogen and oxygen atoms in total. The average molecular weight is 360 g/mol. The molecule has 1 heterocycles. The monoisotopic (exact) mass is 358 g/mol. The number of fused-ring (bicyclic) bond motifs is 1. The number of hydrogen-bond donors (Lipinski definition) is 1. The lowest BCUT2D eigenvalue weighted by Gasteiger charge is -2.00. The third-order valence-corrected chi connectivity index (χ3v) is 3.87. The second kappa shape index (κ2) is 4.78. The standard InChI is InChI=1S/C13H6BrCl2FN2/c14-8-4-11-12(5-10(8)17)19-13(18-11)7-2-1-6(15)3-9(7)16/h1-5H,(H,18,19). The summed E-state index contributed by atoms with van der Waals surface area (Å²) in [5, 5.41) is 1.05. The number of imidazole rings is 1. The van der Waals surface area contributed by atoms with Crippen molar-refractivity contribution in [1.29, 1.82) is 0 Å². The molecule has 0 bridgehead atoms. The summed E-state index contributed by atoms with van der Waals surface area (Å²) in [4.78, 5) is 7.44. The van der Waals surface area contributed by atoms with Gasteiger partial charge >= 0.3 is 0 Å². The maximum atomic E-state index is 13.5. The van der Waals surface area contributed by atoms with E-state index >= 15 is 0 Å². The predicted molar refractivity (Wildman–Crippen MR) is 79.2 cm³/mol. The molecular weight excluding hydrogens is 354 g/mol. The summed E-state index contributed by atoms with van der Waals surface area (Å²) in [6, 6.07) is 8.15. The molecule has 0 fully saturated rings. The van der Waals surface area contributed by atoms with Gasteiger partial charge in [0.2, 0.25) is 0 Å². The first-order valence-corrected chi connectivity index (χ1v) is 6.89. The quantitative estimate of drug-likeness (QED) is 0.615. The number of aromatic amines is 1. The third-order valence-electron chi connectivity index (χ3n) is 2.71. The topological polar surface area (TPSA) is 28.7 Å². The molecule has 3 rings (SSSR count). The highest BCUT2D eigenvalue weighted by Crippen LogP contribution is 2.31. The summed E-state index contributed by atoms with van der Waals surface area (Å²) < 4.78 is 13.8. The maximum absolute atomic E-state index is 13.5. The predicted octanol–water partition coefficient (Wildman–Crippen LogP) is 5.44. The van der Waals surface area contributed by atoms with Crippen LogP contribution in [0.25, 0.3) is 22.4 Å². The lowest BCUT2D eigenvalue weighted by atomic mass is 10.2. The van der Waals surface area contributed by atoms with Crippen LogP contribution in [-0.2, 0) is 0 Å². The number of halogens is 4. The number of hydrogen-bond acceptors (Lipinski definition) is 1. The van der Waals surface area contributed by atoms with Crippen molar-refractivity contribution in [3.63, 3.8) is 0 Å². The average Bonchev–Trinajstić information content (AvgIpc) is 2.72. The van der Waals surface area contributed by atoms with Gasteiger partial charge in [-0.05, 0) is 40.2 Å². The summed E-state index contributed by atoms with van der Waals surface area (Å²) in [5.74, 6) is 0.235. The van der Waals surface area contributed by atoms with E-state index in [-0.39, 0.29) is 5.82 Å². The van der Waals surface area contributed by atoms with E-state index in [1.807, 2.05) is 0 Å². The lowest BCUT2D eigenvalue weighted by molar-refractivity contribution is 0.623. The fourth-order valence-electron chi connectivity index (χ4n) is 1.81. The highest BCUT2D eigenvalue weighted by atomic mass is 79.9.